The lowest BCUT2D eigenvalue weighted by Gasteiger charge is -2.06. The van der Waals surface area contributed by atoms with E-state index in [2.05, 4.69) is 11.4 Å². The van der Waals surface area contributed by atoms with Gasteiger partial charge in [0.05, 0.1) is 7.11 Å². The first-order valence-electron chi connectivity index (χ1n) is 7.63. The van der Waals surface area contributed by atoms with Crippen LogP contribution in [-0.4, -0.2) is 18.1 Å². The molecule has 2 aromatic carbocycles. The minimum atomic E-state index is -0.196. The number of carbonyl (C=O) groups excluding carboxylic acids is 1. The predicted molar refractivity (Wildman–Crippen MR) is 90.8 cm³/mol. The van der Waals surface area contributed by atoms with Crippen molar-refractivity contribution < 1.29 is 14.6 Å². The number of methoxy groups -OCH3 is 1. The lowest BCUT2D eigenvalue weighted by Crippen LogP contribution is -2.08. The van der Waals surface area contributed by atoms with Crippen LogP contribution >= 0.6 is 0 Å². The maximum atomic E-state index is 12.0. The van der Waals surface area contributed by atoms with Crippen LogP contribution in [0.3, 0.4) is 0 Å². The molecule has 1 aliphatic carbocycles. The van der Waals surface area contributed by atoms with E-state index in [0.717, 1.165) is 24.1 Å². The van der Waals surface area contributed by atoms with Gasteiger partial charge in [-0.3, -0.25) is 4.79 Å². The highest BCUT2D eigenvalue weighted by Crippen LogP contribution is 2.27. The monoisotopic (exact) mass is 309 g/mol. The molecule has 0 spiro atoms. The highest BCUT2D eigenvalue weighted by atomic mass is 16.5. The fourth-order valence-corrected chi connectivity index (χ4v) is 2.82. The molecule has 0 fully saturated rings. The van der Waals surface area contributed by atoms with Crippen LogP contribution in [0.1, 0.15) is 23.1 Å². The van der Waals surface area contributed by atoms with Gasteiger partial charge in [0, 0.05) is 11.8 Å². The molecule has 2 aromatic rings. The van der Waals surface area contributed by atoms with E-state index in [0.29, 0.717) is 5.75 Å². The van der Waals surface area contributed by atoms with E-state index in [1.165, 1.54) is 30.7 Å². The van der Waals surface area contributed by atoms with Gasteiger partial charge in [-0.1, -0.05) is 12.1 Å². The lowest BCUT2D eigenvalue weighted by molar-refractivity contribution is -0.111. The van der Waals surface area contributed by atoms with Crippen LogP contribution < -0.4 is 10.1 Å². The number of ether oxygens (including phenoxy) is 1. The molecular formula is C19H19NO3. The van der Waals surface area contributed by atoms with Crippen molar-refractivity contribution in [2.24, 2.45) is 0 Å². The molecule has 0 unspecified atom stereocenters. The summed E-state index contributed by atoms with van der Waals surface area (Å²) in [7, 11) is 1.49. The van der Waals surface area contributed by atoms with Crippen molar-refractivity contribution in [3.63, 3.8) is 0 Å². The number of aromatic hydroxyl groups is 1. The Hall–Kier alpha value is -2.75. The first-order chi connectivity index (χ1) is 11.2. The maximum absolute atomic E-state index is 12.0. The fourth-order valence-electron chi connectivity index (χ4n) is 2.82. The van der Waals surface area contributed by atoms with E-state index >= 15 is 0 Å². The molecule has 1 aliphatic rings. The highest BCUT2D eigenvalue weighted by Gasteiger charge is 2.11. The average Bonchev–Trinajstić information content (AvgIpc) is 3.01. The molecule has 4 nitrogen and oxygen atoms in total. The van der Waals surface area contributed by atoms with Crippen molar-refractivity contribution in [3.8, 4) is 11.5 Å². The number of rotatable bonds is 4. The van der Waals surface area contributed by atoms with Gasteiger partial charge in [0.1, 0.15) is 0 Å². The minimum Gasteiger partial charge on any atom is -0.504 e. The maximum Gasteiger partial charge on any atom is 0.248 e. The number of anilines is 1. The molecule has 1 amide bonds. The van der Waals surface area contributed by atoms with E-state index in [4.69, 9.17) is 4.74 Å². The summed E-state index contributed by atoms with van der Waals surface area (Å²) in [6, 6.07) is 11.1. The molecule has 0 saturated carbocycles. The van der Waals surface area contributed by atoms with Gasteiger partial charge in [-0.05, 0) is 66.3 Å². The van der Waals surface area contributed by atoms with E-state index in [-0.39, 0.29) is 11.7 Å². The second kappa shape index (κ2) is 6.57. The standard InChI is InChI=1S/C19H19NO3/c1-23-18-9-5-13(11-17(18)21)6-10-19(22)20-16-8-7-14-3-2-4-15(14)12-16/h5-12,21H,2-4H2,1H3,(H,20,22)/b10-6+. The van der Waals surface area contributed by atoms with Gasteiger partial charge >= 0.3 is 0 Å². The molecule has 0 bridgehead atoms. The zero-order chi connectivity index (χ0) is 16.2. The zero-order valence-corrected chi connectivity index (χ0v) is 13.0. The minimum absolute atomic E-state index is 0.0497. The molecule has 0 heterocycles. The average molecular weight is 309 g/mol. The van der Waals surface area contributed by atoms with Gasteiger partial charge in [-0.2, -0.15) is 0 Å². The molecule has 0 saturated heterocycles. The van der Waals surface area contributed by atoms with Crippen LogP contribution in [0.2, 0.25) is 0 Å². The Balaban J connectivity index is 1.66. The highest BCUT2D eigenvalue weighted by molar-refractivity contribution is 6.02. The number of benzene rings is 2. The fraction of sp³-hybridized carbons (Fsp3) is 0.211. The van der Waals surface area contributed by atoms with Crippen molar-refractivity contribution in [1.29, 1.82) is 0 Å². The van der Waals surface area contributed by atoms with Gasteiger partial charge in [0.25, 0.3) is 0 Å². The predicted octanol–water partition coefficient (Wildman–Crippen LogP) is 3.54. The van der Waals surface area contributed by atoms with Crippen molar-refractivity contribution in [2.45, 2.75) is 19.3 Å². The lowest BCUT2D eigenvalue weighted by atomic mass is 10.1. The van der Waals surface area contributed by atoms with Gasteiger partial charge in [0.2, 0.25) is 5.91 Å². The van der Waals surface area contributed by atoms with Crippen LogP contribution in [0.25, 0.3) is 6.08 Å². The van der Waals surface area contributed by atoms with E-state index in [9.17, 15) is 9.90 Å². The molecule has 4 heteroatoms. The van der Waals surface area contributed by atoms with Crippen molar-refractivity contribution >= 4 is 17.7 Å². The summed E-state index contributed by atoms with van der Waals surface area (Å²) in [5.41, 5.74) is 4.25. The third-order valence-electron chi connectivity index (χ3n) is 4.00. The van der Waals surface area contributed by atoms with Gasteiger partial charge in [-0.15, -0.1) is 0 Å². The first-order valence-corrected chi connectivity index (χ1v) is 7.63. The van der Waals surface area contributed by atoms with Crippen LogP contribution in [0.5, 0.6) is 11.5 Å². The summed E-state index contributed by atoms with van der Waals surface area (Å²) < 4.78 is 4.99. The molecule has 3 rings (SSSR count). The van der Waals surface area contributed by atoms with Crippen LogP contribution in [0.4, 0.5) is 5.69 Å². The van der Waals surface area contributed by atoms with Crippen molar-refractivity contribution in [1.82, 2.24) is 0 Å². The van der Waals surface area contributed by atoms with Crippen LogP contribution in [0, 0.1) is 0 Å². The molecule has 0 aromatic heterocycles. The molecule has 0 atom stereocenters. The SMILES string of the molecule is COc1ccc(/C=C/C(=O)Nc2ccc3c(c2)CCC3)cc1O. The van der Waals surface area contributed by atoms with E-state index < -0.39 is 0 Å². The van der Waals surface area contributed by atoms with Crippen molar-refractivity contribution in [2.75, 3.05) is 12.4 Å². The third kappa shape index (κ3) is 3.54. The molecule has 2 N–H and O–H groups in total. The topological polar surface area (TPSA) is 58.6 Å². The van der Waals surface area contributed by atoms with Crippen LogP contribution in [-0.2, 0) is 17.6 Å². The molecule has 0 radical (unpaired) electrons. The number of hydrogen-bond donors (Lipinski definition) is 2. The van der Waals surface area contributed by atoms with E-state index in [1.807, 2.05) is 12.1 Å². The Bertz CT molecular complexity index is 765. The Morgan fingerprint density at radius 2 is 2.00 bits per heavy atom. The Morgan fingerprint density at radius 3 is 2.78 bits per heavy atom. The summed E-state index contributed by atoms with van der Waals surface area (Å²) in [5.74, 6) is 0.261. The molecular weight excluding hydrogens is 290 g/mol. The van der Waals surface area contributed by atoms with Crippen molar-refractivity contribution in [3.05, 3.63) is 59.2 Å². The number of phenols is 1. The summed E-state index contributed by atoms with van der Waals surface area (Å²) in [5, 5.41) is 12.6. The number of phenolic OH excluding ortho intramolecular Hbond substituents is 1. The number of carbonyl (C=O) groups is 1. The number of nitrogens with one attached hydrogen (secondary N) is 1. The first kappa shape index (κ1) is 15.2. The second-order valence-corrected chi connectivity index (χ2v) is 5.59. The summed E-state index contributed by atoms with van der Waals surface area (Å²) in [4.78, 5) is 12.0. The zero-order valence-electron chi connectivity index (χ0n) is 13.0. The molecule has 0 aliphatic heterocycles. The third-order valence-corrected chi connectivity index (χ3v) is 4.00. The summed E-state index contributed by atoms with van der Waals surface area (Å²) >= 11 is 0. The number of amides is 1. The number of hydrogen-bond acceptors (Lipinski definition) is 3. The quantitative estimate of drug-likeness (QED) is 0.849. The number of aryl methyl sites for hydroxylation is 2. The molecule has 118 valence electrons. The smallest absolute Gasteiger partial charge is 0.248 e. The second-order valence-electron chi connectivity index (χ2n) is 5.59. The van der Waals surface area contributed by atoms with Gasteiger partial charge in [-0.25, -0.2) is 0 Å². The van der Waals surface area contributed by atoms with E-state index in [1.54, 1.807) is 24.3 Å². The molecule has 23 heavy (non-hydrogen) atoms. The Labute approximate surface area is 135 Å². The van der Waals surface area contributed by atoms with Gasteiger partial charge in [0.15, 0.2) is 11.5 Å². The van der Waals surface area contributed by atoms with Crippen LogP contribution in [0.15, 0.2) is 42.5 Å². The van der Waals surface area contributed by atoms with Gasteiger partial charge < -0.3 is 15.2 Å². The summed E-state index contributed by atoms with van der Waals surface area (Å²) in [6.07, 6.45) is 6.51. The summed E-state index contributed by atoms with van der Waals surface area (Å²) in [6.45, 7) is 0. The normalized spacial score (nSPS) is 13.1. The Kier molecular flexibility index (Phi) is 4.33. The number of fused-ring (bicyclic) bond motifs is 1. The largest absolute Gasteiger partial charge is 0.504 e. The Morgan fingerprint density at radius 1 is 1.17 bits per heavy atom.